The predicted octanol–water partition coefficient (Wildman–Crippen LogP) is 3.38. The number of amides is 1. The minimum Gasteiger partial charge on any atom is -0.399 e. The van der Waals surface area contributed by atoms with Gasteiger partial charge in [-0.3, -0.25) is 4.79 Å². The summed E-state index contributed by atoms with van der Waals surface area (Å²) in [6.45, 7) is 0. The highest BCUT2D eigenvalue weighted by atomic mass is 16.6. The van der Waals surface area contributed by atoms with E-state index in [1.807, 2.05) is 30.3 Å². The summed E-state index contributed by atoms with van der Waals surface area (Å²) in [5.74, 6) is 0.381. The van der Waals surface area contributed by atoms with Crippen LogP contribution in [0.4, 0.5) is 5.69 Å². The van der Waals surface area contributed by atoms with Crippen LogP contribution in [-0.4, -0.2) is 29.2 Å². The number of carbonyl (C=O) groups excluding carboxylic acids is 1. The van der Waals surface area contributed by atoms with E-state index in [4.69, 9.17) is 0 Å². The third kappa shape index (κ3) is 4.26. The van der Waals surface area contributed by atoms with E-state index in [1.165, 1.54) is 7.11 Å². The second kappa shape index (κ2) is 7.83. The number of nitrogens with one attached hydrogen (secondary N) is 1. The number of carbonyl (C=O) groups is 1. The van der Waals surface area contributed by atoms with Crippen LogP contribution in [-0.2, 0) is 4.84 Å². The molecule has 2 aromatic carbocycles. The fourth-order valence-corrected chi connectivity index (χ4v) is 2.17. The van der Waals surface area contributed by atoms with Gasteiger partial charge in [-0.15, -0.1) is 0 Å². The average Bonchev–Trinajstić information content (AvgIpc) is 2.68. The number of benzene rings is 2. The van der Waals surface area contributed by atoms with Crippen LogP contribution in [0.2, 0.25) is 0 Å². The van der Waals surface area contributed by atoms with Crippen molar-refractivity contribution in [2.45, 2.75) is 0 Å². The summed E-state index contributed by atoms with van der Waals surface area (Å²) in [5, 5.41) is 6.45. The van der Waals surface area contributed by atoms with Gasteiger partial charge in [-0.05, 0) is 17.7 Å². The molecule has 0 atom stereocenters. The van der Waals surface area contributed by atoms with E-state index in [0.717, 1.165) is 11.1 Å². The van der Waals surface area contributed by atoms with Crippen LogP contribution in [0.1, 0.15) is 15.9 Å². The van der Waals surface area contributed by atoms with E-state index in [-0.39, 0.29) is 5.91 Å². The number of anilines is 1. The smallest absolute Gasteiger partial charge is 0.255 e. The maximum absolute atomic E-state index is 12.3. The van der Waals surface area contributed by atoms with E-state index in [0.29, 0.717) is 17.1 Å². The second-order valence-corrected chi connectivity index (χ2v) is 5.15. The number of nitrogens with zero attached hydrogens (tertiary/aromatic N) is 3. The van der Waals surface area contributed by atoms with Crippen molar-refractivity contribution < 1.29 is 9.63 Å². The molecule has 25 heavy (non-hydrogen) atoms. The predicted molar refractivity (Wildman–Crippen MR) is 96.5 cm³/mol. The van der Waals surface area contributed by atoms with Crippen LogP contribution in [0, 0.1) is 0 Å². The normalized spacial score (nSPS) is 10.6. The van der Waals surface area contributed by atoms with Gasteiger partial charge in [0.2, 0.25) is 0 Å². The summed E-state index contributed by atoms with van der Waals surface area (Å²) < 4.78 is 0. The van der Waals surface area contributed by atoms with Crippen LogP contribution in [0.15, 0.2) is 72.1 Å². The highest BCUT2D eigenvalue weighted by molar-refractivity contribution is 6.04. The minimum atomic E-state index is -0.230. The van der Waals surface area contributed by atoms with Gasteiger partial charge < -0.3 is 10.2 Å². The molecule has 0 aliphatic carbocycles. The van der Waals surface area contributed by atoms with Gasteiger partial charge in [0.1, 0.15) is 7.11 Å². The molecule has 0 unspecified atom stereocenters. The Bertz CT molecular complexity index is 860. The number of aromatic nitrogens is 2. The molecule has 1 heterocycles. The van der Waals surface area contributed by atoms with Gasteiger partial charge >= 0.3 is 0 Å². The molecule has 0 spiro atoms. The third-order valence-electron chi connectivity index (χ3n) is 3.42. The van der Waals surface area contributed by atoms with Crippen molar-refractivity contribution in [3.05, 3.63) is 78.1 Å². The first-order valence-electron chi connectivity index (χ1n) is 7.61. The molecule has 6 heteroatoms. The van der Waals surface area contributed by atoms with Crippen molar-refractivity contribution in [3.8, 4) is 11.4 Å². The molecule has 0 aliphatic rings. The van der Waals surface area contributed by atoms with Crippen molar-refractivity contribution in [1.82, 2.24) is 9.97 Å². The highest BCUT2D eigenvalue weighted by Gasteiger charge is 2.07. The lowest BCUT2D eigenvalue weighted by Crippen LogP contribution is -2.12. The Morgan fingerprint density at radius 3 is 2.36 bits per heavy atom. The summed E-state index contributed by atoms with van der Waals surface area (Å²) in [7, 11) is 1.48. The van der Waals surface area contributed by atoms with Gasteiger partial charge in [0.15, 0.2) is 5.82 Å². The van der Waals surface area contributed by atoms with Gasteiger partial charge in [-0.1, -0.05) is 47.6 Å². The highest BCUT2D eigenvalue weighted by Crippen LogP contribution is 2.15. The maximum Gasteiger partial charge on any atom is 0.255 e. The molecule has 0 saturated heterocycles. The first-order valence-corrected chi connectivity index (χ1v) is 7.61. The molecular weight excluding hydrogens is 316 g/mol. The lowest BCUT2D eigenvalue weighted by molar-refractivity contribution is 0.102. The molecule has 3 aromatic rings. The van der Waals surface area contributed by atoms with Crippen LogP contribution in [0.3, 0.4) is 0 Å². The monoisotopic (exact) mass is 332 g/mol. The van der Waals surface area contributed by atoms with E-state index in [1.54, 1.807) is 42.9 Å². The minimum absolute atomic E-state index is 0.230. The van der Waals surface area contributed by atoms with E-state index >= 15 is 0 Å². The first kappa shape index (κ1) is 16.3. The van der Waals surface area contributed by atoms with E-state index in [2.05, 4.69) is 25.3 Å². The lowest BCUT2D eigenvalue weighted by Gasteiger charge is -2.06. The molecule has 1 aromatic heterocycles. The fraction of sp³-hybridized carbons (Fsp3) is 0.0526. The fourth-order valence-electron chi connectivity index (χ4n) is 2.17. The number of oxime groups is 1. The van der Waals surface area contributed by atoms with Gasteiger partial charge in [0.25, 0.3) is 5.91 Å². The number of hydrogen-bond donors (Lipinski definition) is 1. The van der Waals surface area contributed by atoms with Crippen LogP contribution < -0.4 is 5.32 Å². The lowest BCUT2D eigenvalue weighted by atomic mass is 10.1. The van der Waals surface area contributed by atoms with Crippen LogP contribution in [0.25, 0.3) is 11.4 Å². The molecule has 6 nitrogen and oxygen atoms in total. The molecule has 0 radical (unpaired) electrons. The van der Waals surface area contributed by atoms with Gasteiger partial charge in [0.05, 0.1) is 24.3 Å². The van der Waals surface area contributed by atoms with Crippen LogP contribution in [0.5, 0.6) is 0 Å². The maximum atomic E-state index is 12.3. The van der Waals surface area contributed by atoms with Crippen LogP contribution >= 0.6 is 0 Å². The van der Waals surface area contributed by atoms with Crippen molar-refractivity contribution in [3.63, 3.8) is 0 Å². The molecule has 0 fully saturated rings. The van der Waals surface area contributed by atoms with Crippen molar-refractivity contribution in [2.24, 2.45) is 5.16 Å². The zero-order valence-corrected chi connectivity index (χ0v) is 13.6. The Hall–Kier alpha value is -3.54. The summed E-state index contributed by atoms with van der Waals surface area (Å²) in [4.78, 5) is 25.5. The third-order valence-corrected chi connectivity index (χ3v) is 3.42. The second-order valence-electron chi connectivity index (χ2n) is 5.15. The summed E-state index contributed by atoms with van der Waals surface area (Å²) in [6, 6.07) is 16.6. The van der Waals surface area contributed by atoms with Crippen molar-refractivity contribution in [2.75, 3.05) is 12.4 Å². The Morgan fingerprint density at radius 1 is 1.04 bits per heavy atom. The van der Waals surface area contributed by atoms with Gasteiger partial charge in [-0.2, -0.15) is 0 Å². The molecule has 1 amide bonds. The standard InChI is InChI=1S/C19H16N4O2/c1-25-22-11-14-7-9-16(10-8-14)19(24)23-17-12-20-18(21-13-17)15-5-3-2-4-6-15/h2-13H,1H3,(H,23,24)/b22-11+. The molecule has 0 bridgehead atoms. The molecule has 3 rings (SSSR count). The average molecular weight is 332 g/mol. The zero-order valence-electron chi connectivity index (χ0n) is 13.6. The zero-order chi connectivity index (χ0) is 17.5. The van der Waals surface area contributed by atoms with Gasteiger partial charge in [0, 0.05) is 11.1 Å². The number of hydrogen-bond acceptors (Lipinski definition) is 5. The quantitative estimate of drug-likeness (QED) is 0.574. The Labute approximate surface area is 145 Å². The Morgan fingerprint density at radius 2 is 1.72 bits per heavy atom. The topological polar surface area (TPSA) is 76.5 Å². The summed E-state index contributed by atoms with van der Waals surface area (Å²) >= 11 is 0. The first-order chi connectivity index (χ1) is 12.3. The summed E-state index contributed by atoms with van der Waals surface area (Å²) in [5.41, 5.74) is 2.83. The Balaban J connectivity index is 1.67. The molecule has 1 N–H and O–H groups in total. The largest absolute Gasteiger partial charge is 0.399 e. The molecule has 0 saturated carbocycles. The van der Waals surface area contributed by atoms with Crippen molar-refractivity contribution >= 4 is 17.8 Å². The molecule has 0 aliphatic heterocycles. The van der Waals surface area contributed by atoms with Crippen molar-refractivity contribution in [1.29, 1.82) is 0 Å². The SMILES string of the molecule is CO/N=C/c1ccc(C(=O)Nc2cnc(-c3ccccc3)nc2)cc1. The van der Waals surface area contributed by atoms with E-state index in [9.17, 15) is 4.79 Å². The molecule has 124 valence electrons. The summed E-state index contributed by atoms with van der Waals surface area (Å²) in [6.07, 6.45) is 4.75. The van der Waals surface area contributed by atoms with Gasteiger partial charge in [-0.25, -0.2) is 9.97 Å². The number of rotatable bonds is 5. The van der Waals surface area contributed by atoms with E-state index < -0.39 is 0 Å². The molecular formula is C19H16N4O2. The Kier molecular flexibility index (Phi) is 5.11.